The van der Waals surface area contributed by atoms with Gasteiger partial charge >= 0.3 is 11.9 Å². The van der Waals surface area contributed by atoms with Crippen molar-refractivity contribution < 1.29 is 28.5 Å². The lowest BCUT2D eigenvalue weighted by atomic mass is 9.20. The molecule has 8 nitrogen and oxygen atoms in total. The fraction of sp³-hybridized carbons (Fsp3) is 0.778. The van der Waals surface area contributed by atoms with Gasteiger partial charge in [0.25, 0.3) is 0 Å². The van der Waals surface area contributed by atoms with Gasteiger partial charge in [-0.1, -0.05) is 0 Å². The van der Waals surface area contributed by atoms with E-state index in [9.17, 15) is 9.59 Å². The van der Waals surface area contributed by atoms with Crippen LogP contribution in [0.15, 0.2) is 9.98 Å². The molecule has 0 aromatic rings. The number of methoxy groups -OCH3 is 2. The van der Waals surface area contributed by atoms with Crippen molar-refractivity contribution in [3.63, 3.8) is 0 Å². The van der Waals surface area contributed by atoms with Crippen LogP contribution in [0.2, 0.25) is 0 Å². The molecule has 0 bridgehead atoms. The van der Waals surface area contributed by atoms with Crippen LogP contribution in [0.5, 0.6) is 0 Å². The third-order valence-electron chi connectivity index (χ3n) is 7.20. The predicted octanol–water partition coefficient (Wildman–Crippen LogP) is 0.445. The van der Waals surface area contributed by atoms with Crippen molar-refractivity contribution in [2.24, 2.45) is 44.5 Å². The van der Waals surface area contributed by atoms with E-state index in [0.717, 1.165) is 0 Å². The van der Waals surface area contributed by atoms with Gasteiger partial charge in [-0.3, -0.25) is 9.59 Å². The van der Waals surface area contributed by atoms with Crippen LogP contribution in [-0.4, -0.2) is 63.3 Å². The Labute approximate surface area is 150 Å². The van der Waals surface area contributed by atoms with Gasteiger partial charge in [-0.2, -0.15) is 0 Å². The zero-order chi connectivity index (χ0) is 18.4. The molecule has 0 N–H and O–H groups in total. The second kappa shape index (κ2) is 4.78. The summed E-state index contributed by atoms with van der Waals surface area (Å²) in [6.07, 6.45) is 0. The fourth-order valence-electron chi connectivity index (χ4n) is 6.57. The van der Waals surface area contributed by atoms with Gasteiger partial charge in [0, 0.05) is 0 Å². The molecule has 140 valence electrons. The van der Waals surface area contributed by atoms with E-state index < -0.39 is 10.8 Å². The van der Waals surface area contributed by atoms with Crippen LogP contribution in [0.1, 0.15) is 13.8 Å². The monoisotopic (exact) mass is 362 g/mol. The summed E-state index contributed by atoms with van der Waals surface area (Å²) in [5, 5.41) is 0. The Balaban J connectivity index is 1.72. The molecule has 0 unspecified atom stereocenters. The summed E-state index contributed by atoms with van der Waals surface area (Å²) in [6, 6.07) is -0.709. The molecule has 0 aromatic heterocycles. The molecule has 0 saturated heterocycles. The zero-order valence-corrected chi connectivity index (χ0v) is 15.2. The van der Waals surface area contributed by atoms with E-state index in [1.807, 2.05) is 13.8 Å². The van der Waals surface area contributed by atoms with Crippen LogP contribution < -0.4 is 0 Å². The summed E-state index contributed by atoms with van der Waals surface area (Å²) in [4.78, 5) is 35.3. The summed E-state index contributed by atoms with van der Waals surface area (Å²) in [6.45, 7) is 4.47. The smallest absolute Gasteiger partial charge is 0.323 e. The second-order valence-corrected chi connectivity index (χ2v) is 7.55. The summed E-state index contributed by atoms with van der Waals surface area (Å²) < 4.78 is 21.9. The third kappa shape index (κ3) is 1.24. The molecule has 0 spiro atoms. The molecular formula is C18H22N2O6. The predicted molar refractivity (Wildman–Crippen MR) is 88.6 cm³/mol. The van der Waals surface area contributed by atoms with E-state index in [1.54, 1.807) is 0 Å². The summed E-state index contributed by atoms with van der Waals surface area (Å²) in [5.41, 5.74) is -1.95. The number of hydrogen-bond acceptors (Lipinski definition) is 8. The Morgan fingerprint density at radius 3 is 1.54 bits per heavy atom. The van der Waals surface area contributed by atoms with Crippen molar-refractivity contribution in [3.8, 4) is 0 Å². The number of ether oxygens (including phenoxy) is 4. The number of carbonyl (C=O) groups excluding carboxylic acids is 2. The van der Waals surface area contributed by atoms with Crippen LogP contribution in [0.25, 0.3) is 0 Å². The van der Waals surface area contributed by atoms with Gasteiger partial charge in [0.15, 0.2) is 10.8 Å². The van der Waals surface area contributed by atoms with Crippen molar-refractivity contribution >= 4 is 23.7 Å². The molecular weight excluding hydrogens is 340 g/mol. The van der Waals surface area contributed by atoms with Gasteiger partial charge in [0.2, 0.25) is 11.8 Å². The first-order valence-corrected chi connectivity index (χ1v) is 9.15. The van der Waals surface area contributed by atoms with Crippen LogP contribution in [0.4, 0.5) is 0 Å². The second-order valence-electron chi connectivity index (χ2n) is 7.55. The SMILES string of the molecule is CCOC1=N[C@H]2C3C4C5C3[C@@]2(C(=O)OC)C(OCC)=N[C@@H]5[C@]14C(=O)OC. The highest BCUT2D eigenvalue weighted by Crippen LogP contribution is 2.84. The first kappa shape index (κ1) is 16.1. The Morgan fingerprint density at radius 1 is 0.846 bits per heavy atom. The van der Waals surface area contributed by atoms with Gasteiger partial charge in [-0.15, -0.1) is 0 Å². The van der Waals surface area contributed by atoms with Crippen LogP contribution >= 0.6 is 0 Å². The molecule has 0 amide bonds. The molecule has 8 heteroatoms. The maximum atomic E-state index is 12.9. The van der Waals surface area contributed by atoms with Crippen molar-refractivity contribution in [2.75, 3.05) is 27.4 Å². The van der Waals surface area contributed by atoms with Crippen molar-refractivity contribution in [2.45, 2.75) is 25.9 Å². The number of esters is 2. The van der Waals surface area contributed by atoms with Gasteiger partial charge in [-0.05, 0) is 37.5 Å². The molecule has 2 heterocycles. The molecule has 3 aliphatic carbocycles. The highest BCUT2D eigenvalue weighted by atomic mass is 16.5. The lowest BCUT2D eigenvalue weighted by Gasteiger charge is -2.83. The van der Waals surface area contributed by atoms with Crippen LogP contribution in [-0.2, 0) is 28.5 Å². The Hall–Kier alpha value is -2.12. The van der Waals surface area contributed by atoms with Gasteiger partial charge in [-0.25, -0.2) is 9.98 Å². The lowest BCUT2D eigenvalue weighted by Crippen LogP contribution is -2.94. The van der Waals surface area contributed by atoms with E-state index >= 15 is 0 Å². The molecule has 3 saturated carbocycles. The van der Waals surface area contributed by atoms with Crippen molar-refractivity contribution in [1.29, 1.82) is 0 Å². The number of rotatable bonds is 4. The van der Waals surface area contributed by atoms with Crippen molar-refractivity contribution in [1.82, 2.24) is 0 Å². The first-order chi connectivity index (χ1) is 12.6. The Morgan fingerprint density at radius 2 is 1.23 bits per heavy atom. The minimum Gasteiger partial charge on any atom is -0.480 e. The number of hydrogen-bond donors (Lipinski definition) is 0. The number of fused-ring (bicyclic) bond motifs is 2. The molecule has 5 rings (SSSR count). The minimum absolute atomic E-state index is 0.0682. The van der Waals surface area contributed by atoms with E-state index in [0.29, 0.717) is 25.0 Å². The maximum Gasteiger partial charge on any atom is 0.323 e. The number of nitrogens with zero attached hydrogens (tertiary/aromatic N) is 2. The molecule has 5 aliphatic rings. The van der Waals surface area contributed by atoms with Gasteiger partial charge < -0.3 is 18.9 Å². The first-order valence-electron chi connectivity index (χ1n) is 9.15. The molecule has 3 fully saturated rings. The molecule has 2 aliphatic heterocycles. The highest BCUT2D eigenvalue weighted by molar-refractivity contribution is 6.13. The molecule has 0 radical (unpaired) electrons. The van der Waals surface area contributed by atoms with E-state index in [-0.39, 0.29) is 47.7 Å². The topological polar surface area (TPSA) is 95.8 Å². The third-order valence-corrected chi connectivity index (χ3v) is 7.20. The van der Waals surface area contributed by atoms with Crippen LogP contribution in [0, 0.1) is 34.5 Å². The zero-order valence-electron chi connectivity index (χ0n) is 15.2. The number of carbonyl (C=O) groups is 2. The highest BCUT2D eigenvalue weighted by Gasteiger charge is 2.95. The van der Waals surface area contributed by atoms with E-state index in [4.69, 9.17) is 28.9 Å². The van der Waals surface area contributed by atoms with E-state index in [2.05, 4.69) is 0 Å². The minimum atomic E-state index is -0.974. The molecule has 0 aromatic carbocycles. The average Bonchev–Trinajstić information content (AvgIpc) is 2.60. The lowest BCUT2D eigenvalue weighted by molar-refractivity contribution is -0.316. The van der Waals surface area contributed by atoms with Gasteiger partial charge in [0.1, 0.15) is 0 Å². The fourth-order valence-corrected chi connectivity index (χ4v) is 6.57. The maximum absolute atomic E-state index is 12.9. The van der Waals surface area contributed by atoms with Crippen LogP contribution in [0.3, 0.4) is 0 Å². The molecule has 26 heavy (non-hydrogen) atoms. The Bertz CT molecular complexity index is 706. The quantitative estimate of drug-likeness (QED) is 0.674. The Kier molecular flexibility index (Phi) is 2.96. The summed E-state index contributed by atoms with van der Waals surface area (Å²) >= 11 is 0. The number of aliphatic imine (C=N–C) groups is 2. The molecule has 4 atom stereocenters. The van der Waals surface area contributed by atoms with E-state index in [1.165, 1.54) is 14.2 Å². The van der Waals surface area contributed by atoms with Crippen molar-refractivity contribution in [3.05, 3.63) is 0 Å². The average molecular weight is 362 g/mol. The summed E-state index contributed by atoms with van der Waals surface area (Å²) in [7, 11) is 2.76. The largest absolute Gasteiger partial charge is 0.480 e. The van der Waals surface area contributed by atoms with Gasteiger partial charge in [0.05, 0.1) is 39.5 Å². The standard InChI is InChI=1S/C18H22N2O6/c1-5-25-13-17(15(21)23-3)9-7-10-8(9)12(19-13)18(10,16(22)24-4)14(26-6-2)20-11(7)17/h7-12H,5-6H2,1-4H3/t7?,8?,9?,10?,11-,12-,17-,18-/m0/s1. The normalized spacial score (nSPS) is 47.8. The summed E-state index contributed by atoms with van der Waals surface area (Å²) in [5.74, 6) is 0.441.